The molecule has 0 radical (unpaired) electrons. The molecular formula is C10H19F3N4O2S. The maximum Gasteiger partial charge on any atom is 0.402 e. The molecule has 20 heavy (non-hydrogen) atoms. The summed E-state index contributed by atoms with van der Waals surface area (Å²) in [5, 5.41) is 7.57. The summed E-state index contributed by atoms with van der Waals surface area (Å²) in [6, 6.07) is 0. The highest BCUT2D eigenvalue weighted by atomic mass is 32.2. The molecule has 1 aliphatic carbocycles. The van der Waals surface area contributed by atoms with Crippen LogP contribution >= 0.6 is 0 Å². The fraction of sp³-hybridized carbons (Fsp3) is 0.900. The molecule has 0 spiro atoms. The van der Waals surface area contributed by atoms with E-state index in [-0.39, 0.29) is 5.84 Å². The molecule has 118 valence electrons. The molecule has 0 saturated heterocycles. The molecule has 6 nitrogen and oxygen atoms in total. The van der Waals surface area contributed by atoms with Gasteiger partial charge in [0.2, 0.25) is 0 Å². The molecule has 1 fully saturated rings. The van der Waals surface area contributed by atoms with Gasteiger partial charge in [0, 0.05) is 0 Å². The standard InChI is InChI=1S/C10H19F3N4O2S/c11-10(12,13)7-16-20(18,19)17-9(8(14)15)5-3-1-2-4-6-9/h16-17H,1-7H2,(H3,14,15). The van der Waals surface area contributed by atoms with Crippen molar-refractivity contribution in [3.05, 3.63) is 0 Å². The summed E-state index contributed by atoms with van der Waals surface area (Å²) in [6.07, 6.45) is -0.908. The van der Waals surface area contributed by atoms with Gasteiger partial charge in [0.05, 0.1) is 5.54 Å². The molecule has 0 aliphatic heterocycles. The highest BCUT2D eigenvalue weighted by Crippen LogP contribution is 2.27. The number of hydrogen-bond donors (Lipinski definition) is 4. The van der Waals surface area contributed by atoms with Crippen molar-refractivity contribution in [2.75, 3.05) is 6.54 Å². The summed E-state index contributed by atoms with van der Waals surface area (Å²) < 4.78 is 63.1. The predicted octanol–water partition coefficient (Wildman–Crippen LogP) is 1.00. The van der Waals surface area contributed by atoms with Crippen LogP contribution in [0.2, 0.25) is 0 Å². The van der Waals surface area contributed by atoms with Gasteiger partial charge in [-0.2, -0.15) is 31.0 Å². The van der Waals surface area contributed by atoms with E-state index < -0.39 is 28.5 Å². The second-order valence-electron chi connectivity index (χ2n) is 4.95. The zero-order valence-electron chi connectivity index (χ0n) is 10.9. The molecule has 0 heterocycles. The number of amidine groups is 1. The molecule has 0 atom stereocenters. The van der Waals surface area contributed by atoms with Gasteiger partial charge in [-0.15, -0.1) is 0 Å². The van der Waals surface area contributed by atoms with E-state index >= 15 is 0 Å². The minimum absolute atomic E-state index is 0.315. The average molecular weight is 316 g/mol. The molecule has 0 bridgehead atoms. The number of hydrogen-bond acceptors (Lipinski definition) is 3. The summed E-state index contributed by atoms with van der Waals surface area (Å²) in [4.78, 5) is 0. The van der Waals surface area contributed by atoms with Crippen LogP contribution in [0.1, 0.15) is 38.5 Å². The van der Waals surface area contributed by atoms with Gasteiger partial charge in [0.25, 0.3) is 10.2 Å². The van der Waals surface area contributed by atoms with Crippen LogP contribution in [0, 0.1) is 5.41 Å². The van der Waals surface area contributed by atoms with E-state index in [1.54, 1.807) is 0 Å². The second kappa shape index (κ2) is 6.27. The van der Waals surface area contributed by atoms with Crippen LogP contribution in [0.5, 0.6) is 0 Å². The molecule has 1 saturated carbocycles. The summed E-state index contributed by atoms with van der Waals surface area (Å²) in [6.45, 7) is -1.66. The van der Waals surface area contributed by atoms with Gasteiger partial charge in [0.15, 0.2) is 0 Å². The van der Waals surface area contributed by atoms with E-state index in [0.29, 0.717) is 25.7 Å². The van der Waals surface area contributed by atoms with E-state index in [0.717, 1.165) is 12.8 Å². The van der Waals surface area contributed by atoms with Crippen LogP contribution in [0.25, 0.3) is 0 Å². The van der Waals surface area contributed by atoms with E-state index in [2.05, 4.69) is 4.72 Å². The Balaban J connectivity index is 2.81. The lowest BCUT2D eigenvalue weighted by Gasteiger charge is -2.32. The van der Waals surface area contributed by atoms with Crippen LogP contribution in [0.15, 0.2) is 0 Å². The van der Waals surface area contributed by atoms with Crippen molar-refractivity contribution in [1.82, 2.24) is 9.44 Å². The molecule has 5 N–H and O–H groups in total. The summed E-state index contributed by atoms with van der Waals surface area (Å²) in [5.41, 5.74) is 4.18. The zero-order valence-corrected chi connectivity index (χ0v) is 11.7. The van der Waals surface area contributed by atoms with Gasteiger partial charge in [-0.05, 0) is 12.8 Å². The first-order chi connectivity index (χ1) is 9.06. The summed E-state index contributed by atoms with van der Waals surface area (Å²) in [5.74, 6) is -0.364. The van der Waals surface area contributed by atoms with E-state index in [1.807, 2.05) is 0 Å². The Morgan fingerprint density at radius 3 is 2.10 bits per heavy atom. The summed E-state index contributed by atoms with van der Waals surface area (Å²) in [7, 11) is -4.37. The highest BCUT2D eigenvalue weighted by Gasteiger charge is 2.39. The first-order valence-electron chi connectivity index (χ1n) is 6.26. The zero-order chi connectivity index (χ0) is 15.4. The second-order valence-corrected chi connectivity index (χ2v) is 6.45. The van der Waals surface area contributed by atoms with Crippen molar-refractivity contribution in [3.63, 3.8) is 0 Å². The van der Waals surface area contributed by atoms with Crippen LogP contribution < -0.4 is 15.2 Å². The van der Waals surface area contributed by atoms with E-state index in [1.165, 1.54) is 4.72 Å². The first kappa shape index (κ1) is 17.2. The Kier molecular flexibility index (Phi) is 5.39. The van der Waals surface area contributed by atoms with Crippen molar-refractivity contribution in [1.29, 1.82) is 5.41 Å². The lowest BCUT2D eigenvalue weighted by Crippen LogP contribution is -2.59. The van der Waals surface area contributed by atoms with Gasteiger partial charge < -0.3 is 5.73 Å². The Morgan fingerprint density at radius 1 is 1.20 bits per heavy atom. The number of nitrogens with two attached hydrogens (primary N) is 1. The van der Waals surface area contributed by atoms with Crippen LogP contribution in [-0.4, -0.2) is 32.5 Å². The topological polar surface area (TPSA) is 108 Å². The van der Waals surface area contributed by atoms with Crippen LogP contribution in [0.4, 0.5) is 13.2 Å². The van der Waals surface area contributed by atoms with E-state index in [9.17, 15) is 21.6 Å². The van der Waals surface area contributed by atoms with Gasteiger partial charge in [-0.1, -0.05) is 25.7 Å². The molecule has 10 heteroatoms. The van der Waals surface area contributed by atoms with Crippen molar-refractivity contribution in [3.8, 4) is 0 Å². The predicted molar refractivity (Wildman–Crippen MR) is 68.5 cm³/mol. The third-order valence-electron chi connectivity index (χ3n) is 3.27. The molecule has 0 aromatic rings. The van der Waals surface area contributed by atoms with Gasteiger partial charge in [-0.3, -0.25) is 5.41 Å². The maximum absolute atomic E-state index is 12.1. The van der Waals surface area contributed by atoms with Crippen molar-refractivity contribution >= 4 is 16.0 Å². The Hall–Kier alpha value is -0.870. The van der Waals surface area contributed by atoms with Gasteiger partial charge >= 0.3 is 6.18 Å². The Bertz CT molecular complexity index is 442. The average Bonchev–Trinajstić information content (AvgIpc) is 2.52. The fourth-order valence-corrected chi connectivity index (χ4v) is 3.48. The molecule has 1 aliphatic rings. The Morgan fingerprint density at radius 2 is 1.70 bits per heavy atom. The minimum atomic E-state index is -4.64. The first-order valence-corrected chi connectivity index (χ1v) is 7.74. The van der Waals surface area contributed by atoms with Crippen molar-refractivity contribution in [2.45, 2.75) is 50.2 Å². The monoisotopic (exact) mass is 316 g/mol. The lowest BCUT2D eigenvalue weighted by atomic mass is 9.90. The fourth-order valence-electron chi connectivity index (χ4n) is 2.23. The number of halogens is 3. The number of rotatable bonds is 5. The largest absolute Gasteiger partial charge is 0.402 e. The normalized spacial score (nSPS) is 20.4. The molecule has 1 rings (SSSR count). The van der Waals surface area contributed by atoms with Crippen LogP contribution in [0.3, 0.4) is 0 Å². The number of nitrogens with one attached hydrogen (secondary N) is 3. The lowest BCUT2D eigenvalue weighted by molar-refractivity contribution is -0.121. The minimum Gasteiger partial charge on any atom is -0.386 e. The van der Waals surface area contributed by atoms with Gasteiger partial charge in [0.1, 0.15) is 12.4 Å². The molecule has 0 aromatic carbocycles. The smallest absolute Gasteiger partial charge is 0.386 e. The maximum atomic E-state index is 12.1. The molecular weight excluding hydrogens is 297 g/mol. The molecule has 0 unspecified atom stereocenters. The van der Waals surface area contributed by atoms with Gasteiger partial charge in [-0.25, -0.2) is 0 Å². The highest BCUT2D eigenvalue weighted by molar-refractivity contribution is 7.87. The SMILES string of the molecule is N=C(N)C1(NS(=O)(=O)NCC(F)(F)F)CCCCCC1. The quantitative estimate of drug-likeness (QED) is 0.345. The summed E-state index contributed by atoms with van der Waals surface area (Å²) >= 11 is 0. The number of alkyl halides is 3. The van der Waals surface area contributed by atoms with Crippen molar-refractivity contribution < 1.29 is 21.6 Å². The van der Waals surface area contributed by atoms with Crippen LogP contribution in [-0.2, 0) is 10.2 Å². The molecule has 0 aromatic heterocycles. The van der Waals surface area contributed by atoms with E-state index in [4.69, 9.17) is 11.1 Å². The third-order valence-corrected chi connectivity index (χ3v) is 4.45. The third kappa shape index (κ3) is 5.25. The Labute approximate surface area is 116 Å². The van der Waals surface area contributed by atoms with Crippen molar-refractivity contribution in [2.24, 2.45) is 5.73 Å². The molecule has 0 amide bonds.